The Bertz CT molecular complexity index is 1300. The Balaban J connectivity index is 2.63. The second-order valence-electron chi connectivity index (χ2n) is 19.6. The molecule has 12 nitrogen and oxygen atoms in total. The van der Waals surface area contributed by atoms with Gasteiger partial charge in [-0.25, -0.2) is 4.79 Å². The summed E-state index contributed by atoms with van der Waals surface area (Å²) >= 11 is 0. The molecule has 1 aliphatic rings. The van der Waals surface area contributed by atoms with E-state index in [0.29, 0.717) is 19.3 Å². The van der Waals surface area contributed by atoms with E-state index in [0.717, 1.165) is 77.0 Å². The molecule has 1 heterocycles. The maximum atomic E-state index is 13.0. The molecule has 3 N–H and O–H groups in total. The van der Waals surface area contributed by atoms with Gasteiger partial charge in [0.2, 0.25) is 0 Å². The van der Waals surface area contributed by atoms with Gasteiger partial charge in [0, 0.05) is 19.3 Å². The summed E-state index contributed by atoms with van der Waals surface area (Å²) in [6.45, 7) is 5.94. The van der Waals surface area contributed by atoms with Gasteiger partial charge in [0.1, 0.15) is 18.8 Å². The summed E-state index contributed by atoms with van der Waals surface area (Å²) in [4.78, 5) is 50.8. The van der Waals surface area contributed by atoms with Crippen molar-refractivity contribution >= 4 is 23.9 Å². The normalized spacial score (nSPS) is 18.8. The van der Waals surface area contributed by atoms with E-state index in [2.05, 4.69) is 45.1 Å². The molecule has 0 saturated carbocycles. The number of carbonyl (C=O) groups excluding carboxylic acids is 3. The minimum atomic E-state index is -1.90. The van der Waals surface area contributed by atoms with Gasteiger partial charge in [-0.15, -0.1) is 0 Å². The number of hydrogen-bond donors (Lipinski definition) is 3. The van der Waals surface area contributed by atoms with Crippen LogP contribution >= 0.6 is 0 Å². The molecule has 12 heteroatoms. The third kappa shape index (κ3) is 36.7. The van der Waals surface area contributed by atoms with E-state index in [1.165, 1.54) is 128 Å². The lowest BCUT2D eigenvalue weighted by molar-refractivity contribution is -0.301. The number of allylic oxidation sites excluding steroid dienone is 4. The van der Waals surface area contributed by atoms with E-state index < -0.39 is 67.3 Å². The Morgan fingerprint density at radius 3 is 1.33 bits per heavy atom. The average Bonchev–Trinajstić information content (AvgIpc) is 3.33. The maximum absolute atomic E-state index is 13.0. The molecule has 1 fully saturated rings. The van der Waals surface area contributed by atoms with Crippen molar-refractivity contribution < 1.29 is 58.2 Å². The van der Waals surface area contributed by atoms with Gasteiger partial charge in [0.25, 0.3) is 0 Å². The first-order chi connectivity index (χ1) is 33.6. The summed E-state index contributed by atoms with van der Waals surface area (Å²) in [5.74, 6) is -3.10. The number of esters is 3. The van der Waals surface area contributed by atoms with Gasteiger partial charge in [-0.2, -0.15) is 0 Å². The zero-order valence-electron chi connectivity index (χ0n) is 44.1. The highest BCUT2D eigenvalue weighted by molar-refractivity contribution is 5.74. The molecular weight excluding hydrogens is 877 g/mol. The fourth-order valence-electron chi connectivity index (χ4n) is 8.63. The second kappa shape index (κ2) is 46.3. The predicted molar refractivity (Wildman–Crippen MR) is 276 cm³/mol. The summed E-state index contributed by atoms with van der Waals surface area (Å²) in [7, 11) is 0. The molecule has 0 radical (unpaired) electrons. The number of aliphatic hydroxyl groups excluding tert-OH is 2. The number of carbonyl (C=O) groups is 4. The van der Waals surface area contributed by atoms with E-state index in [1.54, 1.807) is 0 Å². The highest BCUT2D eigenvalue weighted by Crippen LogP contribution is 2.26. The number of rotatable bonds is 48. The van der Waals surface area contributed by atoms with Gasteiger partial charge in [0.05, 0.1) is 6.61 Å². The maximum Gasteiger partial charge on any atom is 0.335 e. The SMILES string of the molecule is CCCCC/C=C\C/C=C\CCCCCCCCCCCC(=O)OC1C(OCC(COC(=O)CCCCCCCCCCCCC)OC(=O)CCCCCCCCCCC)OC(C(=O)O)C(O)C1O. The molecule has 0 amide bonds. The number of ether oxygens (including phenoxy) is 5. The van der Waals surface area contributed by atoms with Crippen molar-refractivity contribution in [2.45, 2.75) is 302 Å². The van der Waals surface area contributed by atoms with Crippen LogP contribution in [0.3, 0.4) is 0 Å². The van der Waals surface area contributed by atoms with Crippen LogP contribution in [0.5, 0.6) is 0 Å². The molecule has 0 spiro atoms. The first-order valence-electron chi connectivity index (χ1n) is 28.3. The lowest BCUT2D eigenvalue weighted by atomic mass is 9.98. The molecule has 1 rings (SSSR count). The monoisotopic (exact) mass is 979 g/mol. The quantitative estimate of drug-likeness (QED) is 0.0228. The summed E-state index contributed by atoms with van der Waals surface area (Å²) in [6.07, 6.45) is 38.8. The molecule has 0 aliphatic carbocycles. The lowest BCUT2D eigenvalue weighted by Crippen LogP contribution is -2.61. The first-order valence-corrected chi connectivity index (χ1v) is 28.3. The van der Waals surface area contributed by atoms with Crippen LogP contribution in [0.4, 0.5) is 0 Å². The number of hydrogen-bond acceptors (Lipinski definition) is 11. The Morgan fingerprint density at radius 2 is 0.870 bits per heavy atom. The van der Waals surface area contributed by atoms with Crippen LogP contribution in [0.25, 0.3) is 0 Å². The summed E-state index contributed by atoms with van der Waals surface area (Å²) in [5, 5.41) is 31.4. The van der Waals surface area contributed by atoms with Gasteiger partial charge in [-0.3, -0.25) is 14.4 Å². The molecule has 1 aliphatic heterocycles. The van der Waals surface area contributed by atoms with Gasteiger partial charge >= 0.3 is 23.9 Å². The smallest absolute Gasteiger partial charge is 0.335 e. The third-order valence-corrected chi connectivity index (χ3v) is 13.0. The highest BCUT2D eigenvalue weighted by Gasteiger charge is 2.50. The van der Waals surface area contributed by atoms with Gasteiger partial charge < -0.3 is 39.0 Å². The Morgan fingerprint density at radius 1 is 0.478 bits per heavy atom. The fraction of sp³-hybridized carbons (Fsp3) is 0.860. The molecule has 0 aromatic heterocycles. The summed E-state index contributed by atoms with van der Waals surface area (Å²) < 4.78 is 28.3. The van der Waals surface area contributed by atoms with Crippen LogP contribution in [-0.4, -0.2) is 89.2 Å². The minimum absolute atomic E-state index is 0.0603. The van der Waals surface area contributed by atoms with Gasteiger partial charge in [0.15, 0.2) is 24.6 Å². The molecule has 6 unspecified atom stereocenters. The molecule has 6 atom stereocenters. The van der Waals surface area contributed by atoms with Crippen molar-refractivity contribution in [1.82, 2.24) is 0 Å². The molecule has 1 saturated heterocycles. The zero-order valence-corrected chi connectivity index (χ0v) is 44.1. The lowest BCUT2D eigenvalue weighted by Gasteiger charge is -2.40. The summed E-state index contributed by atoms with van der Waals surface area (Å²) in [6, 6.07) is 0. The zero-order chi connectivity index (χ0) is 50.4. The Labute approximate surface area is 419 Å². The van der Waals surface area contributed by atoms with Crippen molar-refractivity contribution in [2.24, 2.45) is 0 Å². The standard InChI is InChI=1S/C57H102O12/c1-4-7-10-13-16-19-21-22-23-24-25-26-27-28-30-33-36-39-42-45-51(60)68-55-53(62)52(61)54(56(63)64)69-57(55)66-47-48(67-50(59)44-41-38-35-31-18-15-12-9-6-3)46-65-49(58)43-40-37-34-32-29-20-17-14-11-8-5-2/h16,19,22-23,48,52-55,57,61-62H,4-15,17-18,20-21,24-47H2,1-3H3,(H,63,64)/b19-16-,23-22-. The van der Waals surface area contributed by atoms with Crippen LogP contribution in [0, 0.1) is 0 Å². The number of carboxylic acid groups (broad SMARTS) is 1. The van der Waals surface area contributed by atoms with Crippen molar-refractivity contribution in [2.75, 3.05) is 13.2 Å². The Hall–Kier alpha value is -2.80. The number of unbranched alkanes of at least 4 members (excludes halogenated alkanes) is 30. The van der Waals surface area contributed by atoms with Crippen LogP contribution in [0.2, 0.25) is 0 Å². The van der Waals surface area contributed by atoms with Crippen molar-refractivity contribution in [3.63, 3.8) is 0 Å². The van der Waals surface area contributed by atoms with E-state index in [1.807, 2.05) is 0 Å². The van der Waals surface area contributed by atoms with Crippen LogP contribution in [0.1, 0.15) is 265 Å². The largest absolute Gasteiger partial charge is 0.479 e. The van der Waals surface area contributed by atoms with E-state index in [4.69, 9.17) is 23.7 Å². The van der Waals surface area contributed by atoms with Gasteiger partial charge in [-0.1, -0.05) is 218 Å². The summed E-state index contributed by atoms with van der Waals surface area (Å²) in [5.41, 5.74) is 0. The third-order valence-electron chi connectivity index (χ3n) is 13.0. The molecule has 0 aromatic rings. The van der Waals surface area contributed by atoms with E-state index >= 15 is 0 Å². The highest BCUT2D eigenvalue weighted by atomic mass is 16.7. The second-order valence-corrected chi connectivity index (χ2v) is 19.6. The van der Waals surface area contributed by atoms with Crippen molar-refractivity contribution in [3.05, 3.63) is 24.3 Å². The average molecular weight is 979 g/mol. The fourth-order valence-corrected chi connectivity index (χ4v) is 8.63. The van der Waals surface area contributed by atoms with Crippen LogP contribution in [-0.2, 0) is 42.9 Å². The topological polar surface area (TPSA) is 175 Å². The predicted octanol–water partition coefficient (Wildman–Crippen LogP) is 13.9. The van der Waals surface area contributed by atoms with Gasteiger partial charge in [-0.05, 0) is 51.4 Å². The number of aliphatic hydroxyl groups is 2. The minimum Gasteiger partial charge on any atom is -0.479 e. The molecule has 402 valence electrons. The van der Waals surface area contributed by atoms with Crippen LogP contribution < -0.4 is 0 Å². The van der Waals surface area contributed by atoms with E-state index in [-0.39, 0.29) is 25.9 Å². The molecule has 0 aromatic carbocycles. The first kappa shape index (κ1) is 64.2. The van der Waals surface area contributed by atoms with Crippen molar-refractivity contribution in [1.29, 1.82) is 0 Å². The Kier molecular flexibility index (Phi) is 43.1. The number of aliphatic carboxylic acids is 1. The van der Waals surface area contributed by atoms with Crippen LogP contribution in [0.15, 0.2) is 24.3 Å². The number of carboxylic acids is 1. The van der Waals surface area contributed by atoms with Crippen molar-refractivity contribution in [3.8, 4) is 0 Å². The molecule has 0 bridgehead atoms. The molecule has 69 heavy (non-hydrogen) atoms. The molecular formula is C57H102O12. The van der Waals surface area contributed by atoms with E-state index in [9.17, 15) is 34.5 Å².